The fourth-order valence-electron chi connectivity index (χ4n) is 3.12. The zero-order chi connectivity index (χ0) is 11.8. The van der Waals surface area contributed by atoms with Crippen LogP contribution >= 0.6 is 0 Å². The van der Waals surface area contributed by atoms with Gasteiger partial charge in [-0.1, -0.05) is 25.6 Å². The second-order valence-electron chi connectivity index (χ2n) is 5.22. The predicted octanol–water partition coefficient (Wildman–Crippen LogP) is 1.88. The molecule has 0 N–H and O–H groups in total. The Balaban J connectivity index is 2.26. The molecule has 0 amide bonds. The molecule has 1 fully saturated rings. The highest BCUT2D eigenvalue weighted by molar-refractivity contribution is 6.33. The van der Waals surface area contributed by atoms with Crippen molar-refractivity contribution in [3.8, 4) is 0 Å². The van der Waals surface area contributed by atoms with E-state index in [2.05, 4.69) is 20.0 Å². The first kappa shape index (κ1) is 11.8. The molecule has 0 saturated heterocycles. The van der Waals surface area contributed by atoms with Crippen molar-refractivity contribution in [2.75, 3.05) is 0 Å². The number of allylic oxidation sites excluding steroid dienone is 2. The van der Waals surface area contributed by atoms with Gasteiger partial charge in [-0.2, -0.15) is 0 Å². The first-order valence-electron chi connectivity index (χ1n) is 6.08. The molecule has 0 aromatic rings. The van der Waals surface area contributed by atoms with Gasteiger partial charge in [0.1, 0.15) is 0 Å². The summed E-state index contributed by atoms with van der Waals surface area (Å²) in [5.74, 6) is 0.816. The van der Waals surface area contributed by atoms with Crippen molar-refractivity contribution in [2.24, 2.45) is 11.3 Å². The van der Waals surface area contributed by atoms with E-state index in [-0.39, 0.29) is 14.8 Å². The van der Waals surface area contributed by atoms with Crippen molar-refractivity contribution in [2.45, 2.75) is 45.6 Å². The van der Waals surface area contributed by atoms with Crippen molar-refractivity contribution in [1.29, 1.82) is 0 Å². The van der Waals surface area contributed by atoms with Gasteiger partial charge in [-0.3, -0.25) is 4.79 Å². The molecule has 3 atom stereocenters. The van der Waals surface area contributed by atoms with Gasteiger partial charge in [-0.05, 0) is 30.8 Å². The van der Waals surface area contributed by atoms with E-state index in [1.165, 1.54) is 5.57 Å². The predicted molar refractivity (Wildman–Crippen MR) is 68.0 cm³/mol. The molecule has 2 aliphatic rings. The fourth-order valence-corrected chi connectivity index (χ4v) is 3.74. The molecule has 0 aromatic carbocycles. The molecule has 3 unspecified atom stereocenters. The Morgan fingerprint density at radius 1 is 1.56 bits per heavy atom. The zero-order valence-electron chi connectivity index (χ0n) is 10.2. The summed E-state index contributed by atoms with van der Waals surface area (Å²) < 4.78 is 5.80. The minimum absolute atomic E-state index is 0.125. The van der Waals surface area contributed by atoms with Gasteiger partial charge in [0.25, 0.3) is 0 Å². The number of carbonyl (C=O) groups is 1. The summed E-state index contributed by atoms with van der Waals surface area (Å²) in [6, 6.07) is 0. The van der Waals surface area contributed by atoms with Crippen LogP contribution in [0.3, 0.4) is 0 Å². The van der Waals surface area contributed by atoms with Crippen LogP contribution in [0, 0.1) is 11.3 Å². The Bertz CT molecular complexity index is 348. The van der Waals surface area contributed by atoms with Crippen LogP contribution in [0.15, 0.2) is 11.6 Å². The largest absolute Gasteiger partial charge is 0.551 e. The van der Waals surface area contributed by atoms with Crippen molar-refractivity contribution in [3.05, 3.63) is 11.6 Å². The Morgan fingerprint density at radius 2 is 2.31 bits per heavy atom. The van der Waals surface area contributed by atoms with Crippen LogP contribution in [0.1, 0.15) is 39.5 Å². The first-order chi connectivity index (χ1) is 7.58. The maximum Gasteiger partial charge on any atom is 0.208 e. The molecule has 1 saturated carbocycles. The van der Waals surface area contributed by atoms with Crippen LogP contribution in [0.4, 0.5) is 0 Å². The number of carbonyl (C=O) groups excluding carboxylic acids is 1. The van der Waals surface area contributed by atoms with E-state index in [0.29, 0.717) is 24.2 Å². The highest BCUT2D eigenvalue weighted by Gasteiger charge is 2.44. The molecule has 88 valence electrons. The van der Waals surface area contributed by atoms with Crippen LogP contribution in [-0.2, 0) is 9.22 Å². The van der Waals surface area contributed by atoms with Gasteiger partial charge in [0.2, 0.25) is 9.38 Å². The summed E-state index contributed by atoms with van der Waals surface area (Å²) >= 11 is 0. The summed E-state index contributed by atoms with van der Waals surface area (Å²) in [5.41, 5.74) is 1.54. The smallest absolute Gasteiger partial charge is 0.208 e. The van der Waals surface area contributed by atoms with Crippen LogP contribution in [0.25, 0.3) is 0 Å². The third kappa shape index (κ3) is 1.81. The minimum Gasteiger partial charge on any atom is -0.551 e. The van der Waals surface area contributed by atoms with Gasteiger partial charge in [0.05, 0.1) is 6.10 Å². The third-order valence-corrected chi connectivity index (χ3v) is 5.03. The fraction of sp³-hybridized carbons (Fsp3) is 0.692. The quantitative estimate of drug-likeness (QED) is 0.684. The lowest BCUT2D eigenvalue weighted by Crippen LogP contribution is -2.43. The van der Waals surface area contributed by atoms with Gasteiger partial charge in [0.15, 0.2) is 5.78 Å². The molecule has 16 heavy (non-hydrogen) atoms. The molecule has 0 aliphatic heterocycles. The molecule has 0 heterocycles. The van der Waals surface area contributed by atoms with E-state index < -0.39 is 0 Å². The number of ketones is 1. The van der Waals surface area contributed by atoms with Gasteiger partial charge in [-0.15, -0.1) is 0 Å². The van der Waals surface area contributed by atoms with E-state index in [1.54, 1.807) is 0 Å². The van der Waals surface area contributed by atoms with Gasteiger partial charge in [-0.25, -0.2) is 0 Å². The average molecular weight is 236 g/mol. The Hall–Kier alpha value is -0.703. The second-order valence-corrected chi connectivity index (χ2v) is 5.83. The summed E-state index contributed by atoms with van der Waals surface area (Å²) in [6.45, 7) is 4.56. The van der Waals surface area contributed by atoms with Crippen LogP contribution in [0.2, 0.25) is 0 Å². The number of hydrogen-bond donors (Lipinski definition) is 0. The van der Waals surface area contributed by atoms with E-state index in [1.807, 2.05) is 6.08 Å². The molecule has 0 bridgehead atoms. The van der Waals surface area contributed by atoms with Crippen molar-refractivity contribution in [1.82, 2.24) is 0 Å². The topological polar surface area (TPSA) is 26.3 Å². The summed E-state index contributed by atoms with van der Waals surface area (Å²) in [7, 11) is -0.125. The van der Waals surface area contributed by atoms with E-state index >= 15 is 0 Å². The molecule has 2 rings (SSSR count). The maximum atomic E-state index is 11.5. The van der Waals surface area contributed by atoms with Crippen LogP contribution < -0.4 is 0 Å². The summed E-state index contributed by atoms with van der Waals surface area (Å²) in [6.07, 6.45) is 9.86. The van der Waals surface area contributed by atoms with Gasteiger partial charge < -0.3 is 4.43 Å². The minimum atomic E-state index is -0.125. The molecule has 3 heteroatoms. The molecular formula is C13H20O2Si. The highest BCUT2D eigenvalue weighted by Crippen LogP contribution is 2.50. The molecule has 0 radical (unpaired) electrons. The van der Waals surface area contributed by atoms with E-state index in [0.717, 1.165) is 19.3 Å². The molecule has 0 spiro atoms. The lowest BCUT2D eigenvalue weighted by Gasteiger charge is -2.47. The lowest BCUT2D eigenvalue weighted by atomic mass is 9.59. The van der Waals surface area contributed by atoms with E-state index in [9.17, 15) is 4.79 Å². The SMILES string of the molecule is C=[SiH]OC1CCC2=CC(=O)CCC2(C)C1C. The van der Waals surface area contributed by atoms with Gasteiger partial charge in [0, 0.05) is 12.3 Å². The number of rotatable bonds is 2. The highest BCUT2D eigenvalue weighted by atomic mass is 28.2. The van der Waals surface area contributed by atoms with Crippen LogP contribution in [0.5, 0.6) is 0 Å². The summed E-state index contributed by atoms with van der Waals surface area (Å²) in [5, 5.41) is 0. The van der Waals surface area contributed by atoms with Crippen LogP contribution in [-0.4, -0.2) is 27.4 Å². The molecular weight excluding hydrogens is 216 g/mol. The third-order valence-electron chi connectivity index (χ3n) is 4.49. The molecule has 2 aliphatic carbocycles. The maximum absolute atomic E-state index is 11.5. The first-order valence-corrected chi connectivity index (χ1v) is 7.37. The Morgan fingerprint density at radius 3 is 3.00 bits per heavy atom. The van der Waals surface area contributed by atoms with Gasteiger partial charge >= 0.3 is 0 Å². The summed E-state index contributed by atoms with van der Waals surface area (Å²) in [4.78, 5) is 11.5. The number of fused-ring (bicyclic) bond motifs is 1. The zero-order valence-corrected chi connectivity index (χ0v) is 11.3. The van der Waals surface area contributed by atoms with Crippen molar-refractivity contribution < 1.29 is 9.22 Å². The lowest BCUT2D eigenvalue weighted by molar-refractivity contribution is -0.116. The average Bonchev–Trinajstić information content (AvgIpc) is 2.26. The standard InChI is InChI=1S/C13H20O2Si/c1-9-12(15-16-3)5-4-10-8-11(14)6-7-13(9,10)2/h8-9,12,16H,3-7H2,1-2H3. The molecule has 0 aromatic heterocycles. The monoisotopic (exact) mass is 236 g/mol. The van der Waals surface area contributed by atoms with Crippen molar-refractivity contribution in [3.63, 3.8) is 0 Å². The normalized spacial score (nSPS) is 38.6. The Kier molecular flexibility index (Phi) is 3.15. The second kappa shape index (κ2) is 4.28. The Labute approximate surface area is 99.6 Å². The van der Waals surface area contributed by atoms with Crippen molar-refractivity contribution >= 4 is 21.3 Å². The number of hydrogen-bond acceptors (Lipinski definition) is 2. The molecule has 2 nitrogen and oxygen atoms in total. The van der Waals surface area contributed by atoms with E-state index in [4.69, 9.17) is 4.43 Å².